The zero-order valence-corrected chi connectivity index (χ0v) is 33.4. The van der Waals surface area contributed by atoms with Crippen LogP contribution in [-0.4, -0.2) is 172 Å². The Morgan fingerprint density at radius 1 is 0.738 bits per heavy atom. The molecule has 5 aliphatic heterocycles. The highest BCUT2D eigenvalue weighted by molar-refractivity contribution is 6.32. The molecule has 8 rings (SSSR count). The van der Waals surface area contributed by atoms with E-state index in [1.54, 1.807) is 6.07 Å². The van der Waals surface area contributed by atoms with Gasteiger partial charge in [-0.1, -0.05) is 29.3 Å². The number of carbonyl (C=O) groups excluding carboxylic acids is 2. The standard InChI is InChI=1S/C39H43Cl2N3O17/c40-21-10-19-23(12-25(21)57-37-33(51)31(49)29(47)27(14-45)59-37)56-24-13-26(58-38-34(52)32(50)30(48)28(15-46)60-38)22(41)11-20(24)39(19)18-2-1-16(9-17(18)36(54)61-39)35(53)42-3-4-43-44-5-7-55-8-6-44/h1-2,9-13,27-34,37-38,43,45-52H,3-8,14-15H2,(H,42,53)/t27?,28?,29-,30+,31-,32?,33?,34+,37+,38-,39?/m1/s1. The molecule has 5 aliphatic rings. The van der Waals surface area contributed by atoms with E-state index < -0.39 is 92.1 Å². The van der Waals surface area contributed by atoms with Crippen LogP contribution in [0.25, 0.3) is 0 Å². The number of amides is 1. The van der Waals surface area contributed by atoms with Gasteiger partial charge in [-0.3, -0.25) is 10.2 Å². The van der Waals surface area contributed by atoms with Crippen molar-refractivity contribution >= 4 is 35.1 Å². The average Bonchev–Trinajstić information content (AvgIpc) is 3.55. The number of benzene rings is 3. The number of aliphatic hydroxyl groups excluding tert-OH is 8. The molecule has 0 saturated carbocycles. The molecule has 1 spiro atoms. The summed E-state index contributed by atoms with van der Waals surface area (Å²) < 4.78 is 40.7. The summed E-state index contributed by atoms with van der Waals surface area (Å²) in [6, 6.07) is 9.76. The zero-order valence-electron chi connectivity index (χ0n) is 31.9. The van der Waals surface area contributed by atoms with Crippen LogP contribution in [0, 0.1) is 0 Å². The van der Waals surface area contributed by atoms with Crippen molar-refractivity contribution in [3.05, 3.63) is 80.3 Å². The summed E-state index contributed by atoms with van der Waals surface area (Å²) in [6.07, 6.45) is -16.3. The summed E-state index contributed by atoms with van der Waals surface area (Å²) in [5.41, 5.74) is 2.12. The van der Waals surface area contributed by atoms with Crippen molar-refractivity contribution in [2.75, 3.05) is 52.6 Å². The van der Waals surface area contributed by atoms with Crippen LogP contribution in [0.4, 0.5) is 0 Å². The third-order valence-corrected chi connectivity index (χ3v) is 11.7. The van der Waals surface area contributed by atoms with Crippen LogP contribution in [0.15, 0.2) is 42.5 Å². The smallest absolute Gasteiger partial charge is 0.340 e. The van der Waals surface area contributed by atoms with Crippen molar-refractivity contribution in [1.82, 2.24) is 15.8 Å². The highest BCUT2D eigenvalue weighted by Crippen LogP contribution is 2.59. The van der Waals surface area contributed by atoms with Gasteiger partial charge in [-0.05, 0) is 24.3 Å². The van der Waals surface area contributed by atoms with E-state index >= 15 is 0 Å². The molecular weight excluding hydrogens is 853 g/mol. The molecule has 0 radical (unpaired) electrons. The predicted molar refractivity (Wildman–Crippen MR) is 206 cm³/mol. The fraction of sp³-hybridized carbons (Fsp3) is 0.487. The van der Waals surface area contributed by atoms with Gasteiger partial charge in [0.1, 0.15) is 71.8 Å². The van der Waals surface area contributed by atoms with Gasteiger partial charge in [0.05, 0.1) is 42.0 Å². The molecule has 1 amide bonds. The lowest BCUT2D eigenvalue weighted by Crippen LogP contribution is -2.60. The van der Waals surface area contributed by atoms with Gasteiger partial charge in [0.15, 0.2) is 5.60 Å². The van der Waals surface area contributed by atoms with Crippen LogP contribution >= 0.6 is 23.2 Å². The molecule has 22 heteroatoms. The normalized spacial score (nSPS) is 32.0. The lowest BCUT2D eigenvalue weighted by Gasteiger charge is -2.40. The number of hydrogen-bond acceptors (Lipinski definition) is 19. The average molecular weight is 897 g/mol. The van der Waals surface area contributed by atoms with Crippen LogP contribution < -0.4 is 25.0 Å². The number of nitrogens with zero attached hydrogens (tertiary/aromatic N) is 1. The monoisotopic (exact) mass is 895 g/mol. The number of hydrogen-bond donors (Lipinski definition) is 10. The molecule has 3 aromatic rings. The van der Waals surface area contributed by atoms with Gasteiger partial charge in [0.2, 0.25) is 12.6 Å². The molecule has 5 heterocycles. The number of morpholine rings is 1. The van der Waals surface area contributed by atoms with E-state index in [2.05, 4.69) is 10.7 Å². The molecule has 330 valence electrons. The van der Waals surface area contributed by atoms with Gasteiger partial charge >= 0.3 is 5.97 Å². The number of halogens is 2. The van der Waals surface area contributed by atoms with Crippen LogP contribution in [0.3, 0.4) is 0 Å². The highest BCUT2D eigenvalue weighted by atomic mass is 35.5. The number of rotatable bonds is 11. The second-order valence-electron chi connectivity index (χ2n) is 14.9. The fourth-order valence-electron chi connectivity index (χ4n) is 7.84. The van der Waals surface area contributed by atoms with Crippen LogP contribution in [-0.2, 0) is 24.5 Å². The minimum Gasteiger partial charge on any atom is -0.460 e. The Bertz CT molecular complexity index is 2050. The quantitative estimate of drug-likeness (QED) is 0.0773. The van der Waals surface area contributed by atoms with Crippen molar-refractivity contribution in [3.63, 3.8) is 0 Å². The number of ether oxygens (including phenoxy) is 7. The van der Waals surface area contributed by atoms with Crippen molar-refractivity contribution in [2.45, 2.75) is 67.0 Å². The van der Waals surface area contributed by atoms with E-state index in [-0.39, 0.29) is 67.4 Å². The summed E-state index contributed by atoms with van der Waals surface area (Å²) >= 11 is 13.6. The Balaban J connectivity index is 1.15. The Morgan fingerprint density at radius 3 is 1.80 bits per heavy atom. The van der Waals surface area contributed by atoms with Crippen molar-refractivity contribution < 1.29 is 83.6 Å². The minimum atomic E-state index is -1.86. The molecular formula is C39H43Cl2N3O17. The Labute approximate surface area is 356 Å². The van der Waals surface area contributed by atoms with E-state index in [1.165, 1.54) is 36.4 Å². The maximum atomic E-state index is 13.9. The molecule has 0 aromatic heterocycles. The molecule has 3 saturated heterocycles. The molecule has 0 aliphatic carbocycles. The van der Waals surface area contributed by atoms with Crippen molar-refractivity contribution in [3.8, 4) is 23.0 Å². The largest absolute Gasteiger partial charge is 0.460 e. The topological polar surface area (TPSA) is 288 Å². The van der Waals surface area contributed by atoms with E-state index in [0.717, 1.165) is 0 Å². The second kappa shape index (κ2) is 17.7. The molecule has 3 fully saturated rings. The van der Waals surface area contributed by atoms with Gasteiger partial charge in [-0.25, -0.2) is 9.80 Å². The number of hydrazine groups is 1. The van der Waals surface area contributed by atoms with E-state index in [1.807, 2.05) is 5.01 Å². The first-order valence-corrected chi connectivity index (χ1v) is 20.0. The summed E-state index contributed by atoms with van der Waals surface area (Å²) in [6.45, 7) is 1.88. The van der Waals surface area contributed by atoms with Gasteiger partial charge in [-0.2, -0.15) is 0 Å². The van der Waals surface area contributed by atoms with E-state index in [0.29, 0.717) is 32.8 Å². The zero-order chi connectivity index (χ0) is 43.3. The van der Waals surface area contributed by atoms with Gasteiger partial charge < -0.3 is 79.3 Å². The van der Waals surface area contributed by atoms with Crippen molar-refractivity contribution in [1.29, 1.82) is 0 Å². The Morgan fingerprint density at radius 2 is 1.28 bits per heavy atom. The number of fused-ring (bicyclic) bond motifs is 6. The summed E-state index contributed by atoms with van der Waals surface area (Å²) in [5.74, 6) is -1.69. The third-order valence-electron chi connectivity index (χ3n) is 11.1. The lowest BCUT2D eigenvalue weighted by molar-refractivity contribution is -0.277. The summed E-state index contributed by atoms with van der Waals surface area (Å²) in [4.78, 5) is 27.3. The fourth-order valence-corrected chi connectivity index (χ4v) is 8.25. The maximum absolute atomic E-state index is 13.9. The number of nitrogens with one attached hydrogen (secondary N) is 2. The molecule has 61 heavy (non-hydrogen) atoms. The second-order valence-corrected chi connectivity index (χ2v) is 15.7. The maximum Gasteiger partial charge on any atom is 0.340 e. The van der Waals surface area contributed by atoms with Crippen LogP contribution in [0.5, 0.6) is 23.0 Å². The first-order chi connectivity index (χ1) is 29.2. The van der Waals surface area contributed by atoms with Crippen molar-refractivity contribution in [2.24, 2.45) is 0 Å². The van der Waals surface area contributed by atoms with Gasteiger partial charge in [0.25, 0.3) is 5.91 Å². The lowest BCUT2D eigenvalue weighted by atomic mass is 9.77. The molecule has 11 atom stereocenters. The van der Waals surface area contributed by atoms with E-state index in [9.17, 15) is 50.4 Å². The molecule has 20 nitrogen and oxygen atoms in total. The SMILES string of the molecule is O=C(NCCNN1CCOCC1)c1ccc2c(c1)C(=O)OC21c2cc(Cl)c(O[C@H]3OC(CO)[C@@H](O)[C@@H](O)C3O)cc2Oc2cc(O[C@@H]3OC(CO)[C@H](O)C(O)[C@@H]3O)c(Cl)cc21. The summed E-state index contributed by atoms with van der Waals surface area (Å²) in [5, 5.41) is 86.7. The number of esters is 1. The molecule has 3 aromatic carbocycles. The number of aliphatic hydroxyl groups is 8. The van der Waals surface area contributed by atoms with Gasteiger partial charge in [0, 0.05) is 60.6 Å². The summed E-state index contributed by atoms with van der Waals surface area (Å²) in [7, 11) is 0. The van der Waals surface area contributed by atoms with E-state index in [4.69, 9.17) is 56.4 Å². The Kier molecular flexibility index (Phi) is 12.7. The molecule has 5 unspecified atom stereocenters. The van der Waals surface area contributed by atoms with Gasteiger partial charge in [-0.15, -0.1) is 0 Å². The molecule has 10 N–H and O–H groups in total. The first kappa shape index (κ1) is 43.7. The third kappa shape index (κ3) is 8.01. The van der Waals surface area contributed by atoms with Crippen LogP contribution in [0.1, 0.15) is 37.4 Å². The Hall–Kier alpha value is -3.94. The first-order valence-electron chi connectivity index (χ1n) is 19.3. The molecule has 0 bridgehead atoms. The number of carbonyl (C=O) groups is 2. The highest BCUT2D eigenvalue weighted by Gasteiger charge is 2.55. The predicted octanol–water partition coefficient (Wildman–Crippen LogP) is -1.51. The minimum absolute atomic E-state index is 0.0217. The van der Waals surface area contributed by atoms with Crippen LogP contribution in [0.2, 0.25) is 10.0 Å².